The van der Waals surface area contributed by atoms with Crippen LogP contribution in [0.1, 0.15) is 18.2 Å². The van der Waals surface area contributed by atoms with Crippen LogP contribution < -0.4 is 0 Å². The average molecular weight is 250 g/mol. The van der Waals surface area contributed by atoms with E-state index in [1.165, 1.54) is 14.2 Å². The van der Waals surface area contributed by atoms with Crippen LogP contribution in [0.2, 0.25) is 0 Å². The van der Waals surface area contributed by atoms with Gasteiger partial charge in [-0.2, -0.15) is 0 Å². The maximum Gasteiger partial charge on any atom is 0.192 e. The predicted molar refractivity (Wildman–Crippen MR) is 68.3 cm³/mol. The zero-order valence-electron chi connectivity index (χ0n) is 11.1. The molecule has 0 saturated carbocycles. The number of ether oxygens (including phenoxy) is 2. The van der Waals surface area contributed by atoms with E-state index in [1.54, 1.807) is 6.92 Å². The van der Waals surface area contributed by atoms with Gasteiger partial charge < -0.3 is 19.0 Å². The highest BCUT2D eigenvalue weighted by molar-refractivity contribution is 5.78. The third-order valence-electron chi connectivity index (χ3n) is 3.06. The second-order valence-electron chi connectivity index (χ2n) is 4.60. The van der Waals surface area contributed by atoms with Gasteiger partial charge in [-0.15, -0.1) is 0 Å². The lowest BCUT2D eigenvalue weighted by Crippen LogP contribution is -2.38. The van der Waals surface area contributed by atoms with Crippen LogP contribution in [-0.2, 0) is 15.1 Å². The predicted octanol–water partition coefficient (Wildman–Crippen LogP) is 2.57. The molecule has 1 atom stereocenters. The van der Waals surface area contributed by atoms with Gasteiger partial charge in [0.15, 0.2) is 11.9 Å². The molecule has 98 valence electrons. The zero-order valence-corrected chi connectivity index (χ0v) is 11.1. The third kappa shape index (κ3) is 2.14. The molecule has 0 saturated heterocycles. The SMILES string of the molecule is COC(OC)C(C)(O)c1cc2cc(C)ccc2o1. The first-order valence-corrected chi connectivity index (χ1v) is 5.77. The molecule has 2 aromatic rings. The van der Waals surface area contributed by atoms with Crippen molar-refractivity contribution in [2.24, 2.45) is 0 Å². The van der Waals surface area contributed by atoms with Gasteiger partial charge in [0.25, 0.3) is 0 Å². The van der Waals surface area contributed by atoms with E-state index in [1.807, 2.05) is 31.2 Å². The fraction of sp³-hybridized carbons (Fsp3) is 0.429. The summed E-state index contributed by atoms with van der Waals surface area (Å²) >= 11 is 0. The number of rotatable bonds is 4. The van der Waals surface area contributed by atoms with Crippen LogP contribution in [0, 0.1) is 6.92 Å². The average Bonchev–Trinajstić information content (AvgIpc) is 2.73. The Kier molecular flexibility index (Phi) is 3.43. The normalized spacial score (nSPS) is 15.2. The van der Waals surface area contributed by atoms with Gasteiger partial charge in [-0.25, -0.2) is 0 Å². The van der Waals surface area contributed by atoms with Gasteiger partial charge in [-0.05, 0) is 32.0 Å². The van der Waals surface area contributed by atoms with Gasteiger partial charge >= 0.3 is 0 Å². The Morgan fingerprint density at radius 3 is 2.50 bits per heavy atom. The molecular formula is C14H18O4. The summed E-state index contributed by atoms with van der Waals surface area (Å²) in [5, 5.41) is 11.4. The standard InChI is InChI=1S/C14H18O4/c1-9-5-6-11-10(7-9)8-12(18-11)14(2,15)13(16-3)17-4/h5-8,13,15H,1-4H3. The van der Waals surface area contributed by atoms with Crippen molar-refractivity contribution in [1.29, 1.82) is 0 Å². The molecule has 0 aliphatic rings. The first-order chi connectivity index (χ1) is 8.48. The number of aryl methyl sites for hydroxylation is 1. The summed E-state index contributed by atoms with van der Waals surface area (Å²) in [6.45, 7) is 3.62. The Balaban J connectivity index is 2.47. The summed E-state index contributed by atoms with van der Waals surface area (Å²) in [6, 6.07) is 7.67. The molecule has 1 aromatic carbocycles. The number of fused-ring (bicyclic) bond motifs is 1. The smallest absolute Gasteiger partial charge is 0.192 e. The number of benzene rings is 1. The Hall–Kier alpha value is -1.36. The molecule has 0 aliphatic carbocycles. The monoisotopic (exact) mass is 250 g/mol. The largest absolute Gasteiger partial charge is 0.458 e. The van der Waals surface area contributed by atoms with E-state index in [2.05, 4.69) is 0 Å². The lowest BCUT2D eigenvalue weighted by molar-refractivity contribution is -0.218. The van der Waals surface area contributed by atoms with Crippen molar-refractivity contribution in [1.82, 2.24) is 0 Å². The van der Waals surface area contributed by atoms with Gasteiger partial charge in [0.1, 0.15) is 11.3 Å². The van der Waals surface area contributed by atoms with Crippen LogP contribution in [0.4, 0.5) is 0 Å². The van der Waals surface area contributed by atoms with Gasteiger partial charge in [0.05, 0.1) is 0 Å². The van der Waals surface area contributed by atoms with Crippen molar-refractivity contribution in [3.63, 3.8) is 0 Å². The summed E-state index contributed by atoms with van der Waals surface area (Å²) in [7, 11) is 2.96. The quantitative estimate of drug-likeness (QED) is 0.847. The number of furan rings is 1. The summed E-state index contributed by atoms with van der Waals surface area (Å²) in [6.07, 6.45) is -0.779. The molecule has 0 amide bonds. The number of hydrogen-bond acceptors (Lipinski definition) is 4. The van der Waals surface area contributed by atoms with Crippen LogP contribution in [0.15, 0.2) is 28.7 Å². The lowest BCUT2D eigenvalue weighted by Gasteiger charge is -2.28. The van der Waals surface area contributed by atoms with E-state index in [0.717, 1.165) is 16.5 Å². The van der Waals surface area contributed by atoms with Crippen LogP contribution in [0.3, 0.4) is 0 Å². The van der Waals surface area contributed by atoms with Crippen LogP contribution in [0.25, 0.3) is 11.0 Å². The van der Waals surface area contributed by atoms with Crippen molar-refractivity contribution >= 4 is 11.0 Å². The maximum absolute atomic E-state index is 10.5. The van der Waals surface area contributed by atoms with Gasteiger partial charge in [0, 0.05) is 19.6 Å². The Morgan fingerprint density at radius 1 is 1.22 bits per heavy atom. The second-order valence-corrected chi connectivity index (χ2v) is 4.60. The van der Waals surface area contributed by atoms with Crippen molar-refractivity contribution in [3.8, 4) is 0 Å². The van der Waals surface area contributed by atoms with E-state index in [4.69, 9.17) is 13.9 Å². The molecule has 0 radical (unpaired) electrons. The Bertz CT molecular complexity index is 538. The first-order valence-electron chi connectivity index (χ1n) is 5.77. The Labute approximate surface area is 106 Å². The van der Waals surface area contributed by atoms with Crippen LogP contribution in [-0.4, -0.2) is 25.6 Å². The molecule has 4 nitrogen and oxygen atoms in total. The van der Waals surface area contributed by atoms with E-state index >= 15 is 0 Å². The van der Waals surface area contributed by atoms with Gasteiger partial charge in [0.2, 0.25) is 0 Å². The van der Waals surface area contributed by atoms with Crippen molar-refractivity contribution in [3.05, 3.63) is 35.6 Å². The van der Waals surface area contributed by atoms with Crippen molar-refractivity contribution in [2.75, 3.05) is 14.2 Å². The molecule has 4 heteroatoms. The fourth-order valence-corrected chi connectivity index (χ4v) is 2.08. The molecular weight excluding hydrogens is 232 g/mol. The summed E-state index contributed by atoms with van der Waals surface area (Å²) in [4.78, 5) is 0. The summed E-state index contributed by atoms with van der Waals surface area (Å²) in [5.74, 6) is 0.428. The number of hydrogen-bond donors (Lipinski definition) is 1. The Morgan fingerprint density at radius 2 is 1.89 bits per heavy atom. The minimum absolute atomic E-state index is 0.428. The van der Waals surface area contributed by atoms with E-state index in [-0.39, 0.29) is 0 Å². The highest BCUT2D eigenvalue weighted by Gasteiger charge is 2.37. The molecule has 1 heterocycles. The maximum atomic E-state index is 10.5. The van der Waals surface area contributed by atoms with Crippen molar-refractivity contribution < 1.29 is 19.0 Å². The summed E-state index contributed by atoms with van der Waals surface area (Å²) < 4.78 is 15.9. The van der Waals surface area contributed by atoms with Crippen LogP contribution >= 0.6 is 0 Å². The molecule has 1 aromatic heterocycles. The topological polar surface area (TPSA) is 51.8 Å². The zero-order chi connectivity index (χ0) is 13.3. The molecule has 0 aliphatic heterocycles. The minimum atomic E-state index is -1.34. The first kappa shape index (κ1) is 13.1. The highest BCUT2D eigenvalue weighted by atomic mass is 16.7. The fourth-order valence-electron chi connectivity index (χ4n) is 2.08. The van der Waals surface area contributed by atoms with Gasteiger partial charge in [-0.1, -0.05) is 11.6 Å². The molecule has 0 fully saturated rings. The third-order valence-corrected chi connectivity index (χ3v) is 3.06. The molecule has 1 N–H and O–H groups in total. The minimum Gasteiger partial charge on any atom is -0.458 e. The van der Waals surface area contributed by atoms with Crippen LogP contribution in [0.5, 0.6) is 0 Å². The molecule has 18 heavy (non-hydrogen) atoms. The van der Waals surface area contributed by atoms with Gasteiger partial charge in [-0.3, -0.25) is 0 Å². The number of aliphatic hydroxyl groups is 1. The lowest BCUT2D eigenvalue weighted by atomic mass is 10.0. The van der Waals surface area contributed by atoms with E-state index in [9.17, 15) is 5.11 Å². The van der Waals surface area contributed by atoms with E-state index in [0.29, 0.717) is 5.76 Å². The molecule has 1 unspecified atom stereocenters. The second kappa shape index (κ2) is 4.72. The highest BCUT2D eigenvalue weighted by Crippen LogP contribution is 2.32. The summed E-state index contributed by atoms with van der Waals surface area (Å²) in [5.41, 5.74) is 0.544. The molecule has 0 spiro atoms. The molecule has 2 rings (SSSR count). The van der Waals surface area contributed by atoms with E-state index < -0.39 is 11.9 Å². The van der Waals surface area contributed by atoms with Crippen molar-refractivity contribution in [2.45, 2.75) is 25.7 Å². The molecule has 0 bridgehead atoms. The number of methoxy groups -OCH3 is 2.